The smallest absolute Gasteiger partial charge is 0.237 e. The fourth-order valence-corrected chi connectivity index (χ4v) is 1.35. The summed E-state index contributed by atoms with van der Waals surface area (Å²) in [5, 5.41) is 5.76. The Kier molecular flexibility index (Phi) is 8.50. The highest BCUT2D eigenvalue weighted by Gasteiger charge is 2.09. The molecule has 14 heavy (non-hydrogen) atoms. The fraction of sp³-hybridized carbons (Fsp3) is 0.700. The van der Waals surface area contributed by atoms with Crippen LogP contribution >= 0.6 is 11.8 Å². The van der Waals surface area contributed by atoms with Crippen LogP contribution in [0.3, 0.4) is 0 Å². The van der Waals surface area contributed by atoms with Crippen LogP contribution in [0.1, 0.15) is 13.3 Å². The maximum atomic E-state index is 11.3. The Morgan fingerprint density at radius 1 is 1.64 bits per heavy atom. The second-order valence-electron chi connectivity index (χ2n) is 2.94. The maximum Gasteiger partial charge on any atom is 0.237 e. The van der Waals surface area contributed by atoms with E-state index in [1.165, 1.54) is 0 Å². The summed E-state index contributed by atoms with van der Waals surface area (Å²) in [5.41, 5.74) is 0. The Morgan fingerprint density at radius 3 is 2.93 bits per heavy atom. The number of amides is 1. The second-order valence-corrected chi connectivity index (χ2v) is 3.93. The summed E-state index contributed by atoms with van der Waals surface area (Å²) in [7, 11) is 0. The number of hydrogen-bond donors (Lipinski definition) is 2. The van der Waals surface area contributed by atoms with Crippen molar-refractivity contribution in [3.05, 3.63) is 0 Å². The van der Waals surface area contributed by atoms with Crippen LogP contribution in [-0.4, -0.2) is 37.0 Å². The van der Waals surface area contributed by atoms with E-state index in [9.17, 15) is 4.79 Å². The maximum absolute atomic E-state index is 11.3. The van der Waals surface area contributed by atoms with Crippen molar-refractivity contribution in [3.63, 3.8) is 0 Å². The molecule has 0 saturated carbocycles. The van der Waals surface area contributed by atoms with Crippen molar-refractivity contribution in [3.8, 4) is 12.3 Å². The summed E-state index contributed by atoms with van der Waals surface area (Å²) in [5.74, 6) is 3.45. The molecule has 1 amide bonds. The van der Waals surface area contributed by atoms with Crippen molar-refractivity contribution in [2.45, 2.75) is 19.4 Å². The largest absolute Gasteiger partial charge is 0.344 e. The lowest BCUT2D eigenvalue weighted by Crippen LogP contribution is -2.42. The molecule has 0 aromatic heterocycles. The predicted octanol–water partition coefficient (Wildman–Crippen LogP) is 0.467. The molecule has 0 fully saturated rings. The number of terminal acetylenes is 1. The molecular formula is C10H18N2OS. The van der Waals surface area contributed by atoms with Gasteiger partial charge in [0.15, 0.2) is 0 Å². The number of carbonyl (C=O) groups excluding carboxylic acids is 1. The average molecular weight is 214 g/mol. The summed E-state index contributed by atoms with van der Waals surface area (Å²) in [6.07, 6.45) is 8.18. The molecule has 0 aliphatic carbocycles. The summed E-state index contributed by atoms with van der Waals surface area (Å²) < 4.78 is 0. The van der Waals surface area contributed by atoms with Gasteiger partial charge < -0.3 is 10.6 Å². The van der Waals surface area contributed by atoms with E-state index in [-0.39, 0.29) is 11.9 Å². The molecule has 1 unspecified atom stereocenters. The van der Waals surface area contributed by atoms with Gasteiger partial charge in [0.05, 0.1) is 12.6 Å². The molecule has 0 aliphatic rings. The highest BCUT2D eigenvalue weighted by molar-refractivity contribution is 7.98. The first-order valence-electron chi connectivity index (χ1n) is 4.66. The van der Waals surface area contributed by atoms with Gasteiger partial charge >= 0.3 is 0 Å². The lowest BCUT2D eigenvalue weighted by Gasteiger charge is -2.12. The summed E-state index contributed by atoms with van der Waals surface area (Å²) in [6, 6.07) is -0.162. The molecule has 0 aromatic carbocycles. The minimum atomic E-state index is -0.162. The van der Waals surface area contributed by atoms with Crippen molar-refractivity contribution in [1.29, 1.82) is 0 Å². The molecule has 0 saturated heterocycles. The molecular weight excluding hydrogens is 196 g/mol. The Balaban J connectivity index is 3.47. The topological polar surface area (TPSA) is 41.1 Å². The van der Waals surface area contributed by atoms with Crippen LogP contribution in [0.4, 0.5) is 0 Å². The quantitative estimate of drug-likeness (QED) is 0.478. The molecule has 0 radical (unpaired) electrons. The lowest BCUT2D eigenvalue weighted by molar-refractivity contribution is -0.122. The van der Waals surface area contributed by atoms with E-state index in [2.05, 4.69) is 22.8 Å². The molecule has 0 heterocycles. The second kappa shape index (κ2) is 8.92. The normalized spacial score (nSPS) is 11.8. The van der Waals surface area contributed by atoms with E-state index in [4.69, 9.17) is 6.42 Å². The van der Waals surface area contributed by atoms with E-state index in [1.807, 2.05) is 18.7 Å². The molecule has 0 bridgehead atoms. The lowest BCUT2D eigenvalue weighted by atomic mass is 10.3. The van der Waals surface area contributed by atoms with Gasteiger partial charge in [0.2, 0.25) is 5.91 Å². The molecule has 2 N–H and O–H groups in total. The molecule has 80 valence electrons. The zero-order chi connectivity index (χ0) is 10.8. The molecule has 0 aromatic rings. The van der Waals surface area contributed by atoms with E-state index >= 15 is 0 Å². The van der Waals surface area contributed by atoms with Crippen molar-refractivity contribution in [1.82, 2.24) is 10.6 Å². The monoisotopic (exact) mass is 214 g/mol. The minimum absolute atomic E-state index is 0.0351. The number of hydrogen-bond acceptors (Lipinski definition) is 3. The van der Waals surface area contributed by atoms with Gasteiger partial charge in [-0.1, -0.05) is 5.92 Å². The Labute approximate surface area is 90.4 Å². The van der Waals surface area contributed by atoms with E-state index in [0.717, 1.165) is 18.7 Å². The van der Waals surface area contributed by atoms with Crippen molar-refractivity contribution in [2.24, 2.45) is 0 Å². The van der Waals surface area contributed by atoms with E-state index < -0.39 is 0 Å². The first-order chi connectivity index (χ1) is 6.72. The SMILES string of the molecule is C#CCNC(=O)C(C)NCCCSC. The predicted molar refractivity (Wildman–Crippen MR) is 62.3 cm³/mol. The first-order valence-corrected chi connectivity index (χ1v) is 6.05. The Bertz CT molecular complexity index is 201. The standard InChI is InChI=1S/C10H18N2OS/c1-4-6-12-10(13)9(2)11-7-5-8-14-3/h1,9,11H,5-8H2,2-3H3,(H,12,13). The number of nitrogens with one attached hydrogen (secondary N) is 2. The van der Waals surface area contributed by atoms with Gasteiger partial charge in [-0.05, 0) is 31.9 Å². The van der Waals surface area contributed by atoms with E-state index in [0.29, 0.717) is 6.54 Å². The van der Waals surface area contributed by atoms with Crippen LogP contribution in [0.2, 0.25) is 0 Å². The van der Waals surface area contributed by atoms with Gasteiger partial charge in [-0.2, -0.15) is 11.8 Å². The van der Waals surface area contributed by atoms with Crippen LogP contribution in [0.25, 0.3) is 0 Å². The summed E-state index contributed by atoms with van der Waals surface area (Å²) in [4.78, 5) is 11.3. The number of carbonyl (C=O) groups is 1. The molecule has 0 aliphatic heterocycles. The Morgan fingerprint density at radius 2 is 2.36 bits per heavy atom. The molecule has 3 nitrogen and oxygen atoms in total. The zero-order valence-electron chi connectivity index (χ0n) is 8.80. The van der Waals surface area contributed by atoms with Crippen LogP contribution in [-0.2, 0) is 4.79 Å². The van der Waals surface area contributed by atoms with Gasteiger partial charge in [-0.25, -0.2) is 0 Å². The number of rotatable bonds is 7. The third kappa shape index (κ3) is 6.81. The van der Waals surface area contributed by atoms with Gasteiger partial charge in [-0.3, -0.25) is 4.79 Å². The Hall–Kier alpha value is -0.660. The minimum Gasteiger partial charge on any atom is -0.344 e. The van der Waals surface area contributed by atoms with Gasteiger partial charge in [-0.15, -0.1) is 6.42 Å². The average Bonchev–Trinajstić information content (AvgIpc) is 2.20. The van der Waals surface area contributed by atoms with Crippen LogP contribution < -0.4 is 10.6 Å². The van der Waals surface area contributed by atoms with Crippen LogP contribution in [0, 0.1) is 12.3 Å². The van der Waals surface area contributed by atoms with Gasteiger partial charge in [0.1, 0.15) is 0 Å². The third-order valence-corrected chi connectivity index (χ3v) is 2.43. The molecule has 0 spiro atoms. The number of thioether (sulfide) groups is 1. The first kappa shape index (κ1) is 13.3. The fourth-order valence-electron chi connectivity index (χ4n) is 0.919. The van der Waals surface area contributed by atoms with Crippen LogP contribution in [0.5, 0.6) is 0 Å². The molecule has 4 heteroatoms. The van der Waals surface area contributed by atoms with Crippen molar-refractivity contribution >= 4 is 17.7 Å². The highest BCUT2D eigenvalue weighted by Crippen LogP contribution is 1.94. The summed E-state index contributed by atoms with van der Waals surface area (Å²) in [6.45, 7) is 3.01. The highest BCUT2D eigenvalue weighted by atomic mass is 32.2. The molecule has 0 rings (SSSR count). The van der Waals surface area contributed by atoms with Gasteiger partial charge in [0.25, 0.3) is 0 Å². The zero-order valence-corrected chi connectivity index (χ0v) is 9.62. The van der Waals surface area contributed by atoms with Crippen molar-refractivity contribution in [2.75, 3.05) is 25.1 Å². The third-order valence-electron chi connectivity index (χ3n) is 1.73. The van der Waals surface area contributed by atoms with Crippen molar-refractivity contribution < 1.29 is 4.79 Å². The van der Waals surface area contributed by atoms with Crippen LogP contribution in [0.15, 0.2) is 0 Å². The summed E-state index contributed by atoms with van der Waals surface area (Å²) >= 11 is 1.81. The molecule has 1 atom stereocenters. The van der Waals surface area contributed by atoms with E-state index in [1.54, 1.807) is 0 Å². The van der Waals surface area contributed by atoms with Gasteiger partial charge in [0, 0.05) is 0 Å².